The van der Waals surface area contributed by atoms with Gasteiger partial charge in [-0.1, -0.05) is 0 Å². The Morgan fingerprint density at radius 2 is 1.88 bits per heavy atom. The molecular weight excluding hydrogens is 334 g/mol. The molecule has 2 aromatic carbocycles. The fraction of sp³-hybridized carbons (Fsp3) is 0.350. The number of hydrogen-bond acceptors (Lipinski definition) is 5. The van der Waals surface area contributed by atoms with Crippen LogP contribution in [0.1, 0.15) is 27.0 Å². The van der Waals surface area contributed by atoms with E-state index in [1.54, 1.807) is 32.4 Å². The molecule has 1 amide bonds. The summed E-state index contributed by atoms with van der Waals surface area (Å²) in [6, 6.07) is 7.19. The average molecular weight is 355 g/mol. The maximum absolute atomic E-state index is 12.6. The zero-order chi connectivity index (χ0) is 18.1. The highest BCUT2D eigenvalue weighted by Gasteiger charge is 2.26. The van der Waals surface area contributed by atoms with Crippen molar-refractivity contribution in [1.29, 1.82) is 0 Å². The average Bonchev–Trinajstić information content (AvgIpc) is 3.33. The zero-order valence-corrected chi connectivity index (χ0v) is 14.9. The van der Waals surface area contributed by atoms with Gasteiger partial charge in [0.15, 0.2) is 11.5 Å². The van der Waals surface area contributed by atoms with Crippen molar-refractivity contribution in [2.75, 3.05) is 27.4 Å². The summed E-state index contributed by atoms with van der Waals surface area (Å²) in [5.41, 5.74) is 3.84. The van der Waals surface area contributed by atoms with Crippen molar-refractivity contribution < 1.29 is 23.7 Å². The second kappa shape index (κ2) is 6.78. The molecule has 4 rings (SSSR count). The van der Waals surface area contributed by atoms with Gasteiger partial charge in [-0.3, -0.25) is 4.79 Å². The van der Waals surface area contributed by atoms with Crippen LogP contribution in [0.2, 0.25) is 0 Å². The van der Waals surface area contributed by atoms with Crippen molar-refractivity contribution in [3.63, 3.8) is 0 Å². The van der Waals surface area contributed by atoms with E-state index in [1.165, 1.54) is 0 Å². The van der Waals surface area contributed by atoms with Crippen LogP contribution in [-0.2, 0) is 19.4 Å². The second-order valence-corrected chi connectivity index (χ2v) is 6.27. The molecule has 0 saturated heterocycles. The Hall–Kier alpha value is -2.89. The fourth-order valence-corrected chi connectivity index (χ4v) is 3.52. The fourth-order valence-electron chi connectivity index (χ4n) is 3.52. The van der Waals surface area contributed by atoms with Gasteiger partial charge in [-0.05, 0) is 24.3 Å². The predicted octanol–water partition coefficient (Wildman–Crippen LogP) is 2.50. The number of carbonyl (C=O) groups is 1. The van der Waals surface area contributed by atoms with Crippen LogP contribution in [0, 0.1) is 0 Å². The number of methoxy groups -OCH3 is 2. The first-order valence-corrected chi connectivity index (χ1v) is 8.64. The summed E-state index contributed by atoms with van der Waals surface area (Å²) in [6.45, 7) is 1.76. The third kappa shape index (κ3) is 2.81. The minimum atomic E-state index is -0.172. The van der Waals surface area contributed by atoms with Gasteiger partial charge in [-0.2, -0.15) is 0 Å². The number of ether oxygens (including phenoxy) is 4. The number of nitrogens with one attached hydrogen (secondary N) is 1. The van der Waals surface area contributed by atoms with Crippen molar-refractivity contribution in [2.45, 2.75) is 19.4 Å². The topological polar surface area (TPSA) is 66.0 Å². The van der Waals surface area contributed by atoms with E-state index in [-0.39, 0.29) is 5.91 Å². The van der Waals surface area contributed by atoms with Gasteiger partial charge >= 0.3 is 0 Å². The van der Waals surface area contributed by atoms with E-state index >= 15 is 0 Å². The molecule has 0 aromatic heterocycles. The molecular formula is C20H21NO5. The van der Waals surface area contributed by atoms with E-state index in [4.69, 9.17) is 18.9 Å². The van der Waals surface area contributed by atoms with Gasteiger partial charge in [-0.15, -0.1) is 0 Å². The van der Waals surface area contributed by atoms with E-state index in [0.29, 0.717) is 36.8 Å². The molecule has 0 spiro atoms. The molecule has 0 radical (unpaired) electrons. The Labute approximate surface area is 152 Å². The molecule has 2 aliphatic heterocycles. The van der Waals surface area contributed by atoms with Gasteiger partial charge in [0.1, 0.15) is 11.5 Å². The minimum Gasteiger partial charge on any atom is -0.493 e. The van der Waals surface area contributed by atoms with E-state index in [1.807, 2.05) is 0 Å². The molecule has 1 N–H and O–H groups in total. The van der Waals surface area contributed by atoms with Crippen molar-refractivity contribution >= 4 is 5.91 Å². The Kier molecular flexibility index (Phi) is 4.32. The first-order chi connectivity index (χ1) is 12.7. The maximum Gasteiger partial charge on any atom is 0.251 e. The van der Waals surface area contributed by atoms with E-state index in [9.17, 15) is 4.79 Å². The molecule has 0 fully saturated rings. The number of fused-ring (bicyclic) bond motifs is 2. The summed E-state index contributed by atoms with van der Waals surface area (Å²) < 4.78 is 22.0. The highest BCUT2D eigenvalue weighted by molar-refractivity contribution is 5.95. The number of amides is 1. The molecule has 6 nitrogen and oxygen atoms in total. The molecule has 0 aliphatic carbocycles. The third-order valence-electron chi connectivity index (χ3n) is 4.83. The third-order valence-corrected chi connectivity index (χ3v) is 4.83. The lowest BCUT2D eigenvalue weighted by Crippen LogP contribution is -2.23. The highest BCUT2D eigenvalue weighted by atomic mass is 16.5. The summed E-state index contributed by atoms with van der Waals surface area (Å²) in [5.74, 6) is 2.77. The molecule has 0 unspecified atom stereocenters. The molecule has 0 bridgehead atoms. The number of rotatable bonds is 5. The Bertz CT molecular complexity index is 830. The van der Waals surface area contributed by atoms with E-state index in [2.05, 4.69) is 11.4 Å². The van der Waals surface area contributed by atoms with Crippen LogP contribution < -0.4 is 24.3 Å². The normalized spacial score (nSPS) is 14.1. The molecule has 26 heavy (non-hydrogen) atoms. The van der Waals surface area contributed by atoms with Crippen LogP contribution in [0.5, 0.6) is 23.0 Å². The zero-order valence-electron chi connectivity index (χ0n) is 14.9. The van der Waals surface area contributed by atoms with Crippen LogP contribution >= 0.6 is 0 Å². The molecule has 136 valence electrons. The van der Waals surface area contributed by atoms with Gasteiger partial charge < -0.3 is 24.3 Å². The largest absolute Gasteiger partial charge is 0.493 e. The lowest BCUT2D eigenvalue weighted by atomic mass is 9.99. The second-order valence-electron chi connectivity index (χ2n) is 6.27. The van der Waals surface area contributed by atoms with E-state index in [0.717, 1.165) is 41.0 Å². The molecule has 2 heterocycles. The number of carbonyl (C=O) groups excluding carboxylic acids is 1. The predicted molar refractivity (Wildman–Crippen MR) is 95.6 cm³/mol. The standard InChI is InChI=1S/C20H21NO5/c1-23-16-4-3-13(10-18(16)24-2)20(22)21-11-15-14-6-8-25-17(14)9-12-5-7-26-19(12)15/h3-4,9-10H,5-8,11H2,1-2H3,(H,21,22). The minimum absolute atomic E-state index is 0.172. The van der Waals surface area contributed by atoms with Crippen LogP contribution in [0.15, 0.2) is 24.3 Å². The van der Waals surface area contributed by atoms with Crippen molar-refractivity contribution in [3.8, 4) is 23.0 Å². The van der Waals surface area contributed by atoms with Crippen LogP contribution in [0.3, 0.4) is 0 Å². The highest BCUT2D eigenvalue weighted by Crippen LogP contribution is 2.40. The maximum atomic E-state index is 12.6. The lowest BCUT2D eigenvalue weighted by molar-refractivity contribution is 0.0950. The molecule has 2 aromatic rings. The monoisotopic (exact) mass is 355 g/mol. The first kappa shape index (κ1) is 16.6. The van der Waals surface area contributed by atoms with Gasteiger partial charge in [0, 0.05) is 41.6 Å². The van der Waals surface area contributed by atoms with E-state index < -0.39 is 0 Å². The number of hydrogen-bond donors (Lipinski definition) is 1. The SMILES string of the molecule is COc1ccc(C(=O)NCc2c3c(cc4c2OCC4)OCC3)cc1OC. The summed E-state index contributed by atoms with van der Waals surface area (Å²) >= 11 is 0. The van der Waals surface area contributed by atoms with Crippen LogP contribution in [0.4, 0.5) is 0 Å². The quantitative estimate of drug-likeness (QED) is 0.893. The van der Waals surface area contributed by atoms with Crippen molar-refractivity contribution in [3.05, 3.63) is 46.5 Å². The first-order valence-electron chi connectivity index (χ1n) is 8.64. The lowest BCUT2D eigenvalue weighted by Gasteiger charge is -2.14. The van der Waals surface area contributed by atoms with Gasteiger partial charge in [-0.25, -0.2) is 0 Å². The van der Waals surface area contributed by atoms with Crippen LogP contribution in [-0.4, -0.2) is 33.3 Å². The molecule has 0 saturated carbocycles. The molecule has 6 heteroatoms. The van der Waals surface area contributed by atoms with Crippen molar-refractivity contribution in [1.82, 2.24) is 5.32 Å². The molecule has 2 aliphatic rings. The summed E-state index contributed by atoms with van der Waals surface area (Å²) in [5, 5.41) is 2.99. The molecule has 0 atom stereocenters. The Balaban J connectivity index is 1.56. The Morgan fingerprint density at radius 1 is 1.08 bits per heavy atom. The van der Waals surface area contributed by atoms with Gasteiger partial charge in [0.25, 0.3) is 5.91 Å². The van der Waals surface area contributed by atoms with Crippen LogP contribution in [0.25, 0.3) is 0 Å². The summed E-state index contributed by atoms with van der Waals surface area (Å²) in [4.78, 5) is 12.6. The summed E-state index contributed by atoms with van der Waals surface area (Å²) in [6.07, 6.45) is 1.72. The van der Waals surface area contributed by atoms with Crippen molar-refractivity contribution in [2.24, 2.45) is 0 Å². The van der Waals surface area contributed by atoms with Gasteiger partial charge in [0.05, 0.1) is 27.4 Å². The smallest absolute Gasteiger partial charge is 0.251 e. The number of benzene rings is 2. The van der Waals surface area contributed by atoms with Gasteiger partial charge in [0.2, 0.25) is 0 Å². The Morgan fingerprint density at radius 3 is 2.69 bits per heavy atom. The summed E-state index contributed by atoms with van der Waals surface area (Å²) in [7, 11) is 3.11.